The molecule has 1 radical (unpaired) electrons. The first-order valence-electron chi connectivity index (χ1n) is 7.91. The van der Waals surface area contributed by atoms with E-state index in [9.17, 15) is 29.7 Å². The molecule has 0 saturated carbocycles. The molecule has 0 aliphatic rings. The maximum atomic E-state index is 10.8. The van der Waals surface area contributed by atoms with Crippen LogP contribution in [-0.2, 0) is 16.5 Å². The van der Waals surface area contributed by atoms with Crippen LogP contribution in [0.4, 0.5) is 0 Å². The molecule has 0 atom stereocenters. The Labute approximate surface area is 196 Å². The smallest absolute Gasteiger partial charge is 0.543 e. The predicted molar refractivity (Wildman–Crippen MR) is 100 cm³/mol. The molecule has 0 bridgehead atoms. The van der Waals surface area contributed by atoms with Crippen molar-refractivity contribution in [3.05, 3.63) is 69.9 Å². The molecular weight excluding hydrogens is 494 g/mol. The summed E-state index contributed by atoms with van der Waals surface area (Å²) in [5.74, 6) is -4.03. The molecule has 3 aromatic rings. The minimum Gasteiger partial charge on any atom is -0.543 e. The Morgan fingerprint density at radius 1 is 0.875 bits per heavy atom. The van der Waals surface area contributed by atoms with Gasteiger partial charge >= 0.3 is 16.5 Å². The molecule has 173 valence electrons. The number of nitrogens with zero attached hydrogens (tertiary/aromatic N) is 4. The van der Waals surface area contributed by atoms with Crippen LogP contribution >= 0.6 is 11.6 Å². The molecule has 14 heteroatoms. The van der Waals surface area contributed by atoms with Crippen LogP contribution in [0.3, 0.4) is 0 Å². The molecule has 3 heterocycles. The van der Waals surface area contributed by atoms with Crippen LogP contribution in [0.25, 0.3) is 5.82 Å². The number of hydrogen-bond donors (Lipinski definition) is 0. The summed E-state index contributed by atoms with van der Waals surface area (Å²) < 4.78 is 1.55. The molecule has 4 N–H and O–H groups in total. The SMILES string of the molecule is Cc1cc(C)n(-c2ccc(Cl)c(C(=O)[O-])n2)n1.O.O.O=C([O-])c1cccc(C(=O)[O-])n1.[Ni+3]. The van der Waals surface area contributed by atoms with Gasteiger partial charge in [0.1, 0.15) is 5.69 Å². The van der Waals surface area contributed by atoms with Gasteiger partial charge in [0.2, 0.25) is 0 Å². The molecule has 3 rings (SSSR count). The molecule has 0 unspecified atom stereocenters. The van der Waals surface area contributed by atoms with Gasteiger partial charge in [0, 0.05) is 5.69 Å². The summed E-state index contributed by atoms with van der Waals surface area (Å²) in [7, 11) is 0. The van der Waals surface area contributed by atoms with E-state index in [-0.39, 0.29) is 38.2 Å². The molecular formula is C18H16ClN4NiO8. The van der Waals surface area contributed by atoms with E-state index in [1.54, 1.807) is 10.7 Å². The number of carbonyl (C=O) groups is 3. The van der Waals surface area contributed by atoms with Gasteiger partial charge in [-0.3, -0.25) is 0 Å². The number of aromatic nitrogens is 4. The maximum absolute atomic E-state index is 10.8. The Hall–Kier alpha value is -3.38. The molecule has 0 aliphatic carbocycles. The maximum Gasteiger partial charge on any atom is 3.00 e. The fourth-order valence-electron chi connectivity index (χ4n) is 2.22. The number of carbonyl (C=O) groups excluding carboxylic acids is 3. The number of halogens is 1. The third kappa shape index (κ3) is 7.71. The zero-order valence-corrected chi connectivity index (χ0v) is 18.1. The van der Waals surface area contributed by atoms with Crippen molar-refractivity contribution in [3.63, 3.8) is 0 Å². The van der Waals surface area contributed by atoms with Gasteiger partial charge in [0.25, 0.3) is 0 Å². The van der Waals surface area contributed by atoms with E-state index in [2.05, 4.69) is 15.1 Å². The summed E-state index contributed by atoms with van der Waals surface area (Å²) in [6, 6.07) is 8.47. The average molecular weight is 510 g/mol. The van der Waals surface area contributed by atoms with E-state index in [1.807, 2.05) is 19.9 Å². The van der Waals surface area contributed by atoms with Crippen molar-refractivity contribution in [1.82, 2.24) is 19.7 Å². The molecule has 12 nitrogen and oxygen atoms in total. The van der Waals surface area contributed by atoms with Gasteiger partial charge in [0.05, 0.1) is 40.0 Å². The fourth-order valence-corrected chi connectivity index (χ4v) is 2.40. The molecule has 32 heavy (non-hydrogen) atoms. The van der Waals surface area contributed by atoms with Crippen LogP contribution in [0.2, 0.25) is 5.02 Å². The second-order valence-electron chi connectivity index (χ2n) is 5.61. The average Bonchev–Trinajstić information content (AvgIpc) is 3.00. The largest absolute Gasteiger partial charge is 3.00 e. The standard InChI is InChI=1S/C11H10ClN3O2.C7H5NO4.Ni.2H2O/c1-6-5-7(2)15(14-6)9-4-3-8(12)10(13-9)11(16)17;9-6(10)4-2-1-3-5(8-4)7(11)12;;;/h3-5H,1-2H3,(H,16,17);1-3H,(H,9,10)(H,11,12);;2*1H2/q;;+3;;/p-3. The van der Waals surface area contributed by atoms with Crippen LogP contribution in [0.15, 0.2) is 36.4 Å². The van der Waals surface area contributed by atoms with Crippen molar-refractivity contribution >= 4 is 29.5 Å². The first-order chi connectivity index (χ1) is 13.6. The molecule has 0 fully saturated rings. The normalized spacial score (nSPS) is 9.09. The summed E-state index contributed by atoms with van der Waals surface area (Å²) >= 11 is 5.71. The Balaban J connectivity index is 0. The molecule has 0 spiro atoms. The number of carboxylic acid groups (broad SMARTS) is 3. The van der Waals surface area contributed by atoms with Crippen molar-refractivity contribution in [1.29, 1.82) is 0 Å². The fraction of sp³-hybridized carbons (Fsp3) is 0.111. The molecule has 0 amide bonds. The quantitative estimate of drug-likeness (QED) is 0.326. The first kappa shape index (κ1) is 30.8. The number of hydrogen-bond acceptors (Lipinski definition) is 9. The molecule has 0 aliphatic heterocycles. The summed E-state index contributed by atoms with van der Waals surface area (Å²) in [4.78, 5) is 38.4. The van der Waals surface area contributed by atoms with E-state index in [1.165, 1.54) is 12.1 Å². The van der Waals surface area contributed by atoms with Gasteiger partial charge in [-0.1, -0.05) is 17.7 Å². The first-order valence-corrected chi connectivity index (χ1v) is 8.29. The Morgan fingerprint density at radius 3 is 1.81 bits per heavy atom. The summed E-state index contributed by atoms with van der Waals surface area (Å²) in [6.45, 7) is 3.70. The van der Waals surface area contributed by atoms with Crippen LogP contribution in [-0.4, -0.2) is 48.6 Å². The third-order valence-electron chi connectivity index (χ3n) is 3.42. The number of aromatic carboxylic acids is 3. The summed E-state index contributed by atoms with van der Waals surface area (Å²) in [6.07, 6.45) is 0. The summed E-state index contributed by atoms with van der Waals surface area (Å²) in [5.41, 5.74) is 0.570. The van der Waals surface area contributed by atoms with E-state index < -0.39 is 29.3 Å². The predicted octanol–water partition coefficient (Wildman–Crippen LogP) is -2.94. The monoisotopic (exact) mass is 509 g/mol. The molecule has 0 saturated heterocycles. The van der Waals surface area contributed by atoms with Crippen LogP contribution in [0.5, 0.6) is 0 Å². The number of pyridine rings is 2. The zero-order valence-electron chi connectivity index (χ0n) is 16.4. The van der Waals surface area contributed by atoms with Crippen LogP contribution in [0, 0.1) is 13.8 Å². The minimum atomic E-state index is -1.52. The van der Waals surface area contributed by atoms with E-state index in [0.717, 1.165) is 23.5 Å². The van der Waals surface area contributed by atoms with Crippen molar-refractivity contribution in [2.45, 2.75) is 13.8 Å². The van der Waals surface area contributed by atoms with Gasteiger partial charge < -0.3 is 40.7 Å². The van der Waals surface area contributed by atoms with Crippen molar-refractivity contribution in [2.75, 3.05) is 0 Å². The number of carboxylic acids is 3. The Bertz CT molecular complexity index is 1080. The molecule has 3 aromatic heterocycles. The van der Waals surface area contributed by atoms with Gasteiger partial charge in [-0.2, -0.15) is 5.10 Å². The van der Waals surface area contributed by atoms with Crippen LogP contribution in [0.1, 0.15) is 42.9 Å². The second-order valence-corrected chi connectivity index (χ2v) is 6.02. The van der Waals surface area contributed by atoms with Crippen molar-refractivity contribution in [3.8, 4) is 5.82 Å². The van der Waals surface area contributed by atoms with E-state index in [0.29, 0.717) is 5.82 Å². The topological polar surface area (TPSA) is 227 Å². The van der Waals surface area contributed by atoms with Gasteiger partial charge in [0.15, 0.2) is 5.82 Å². The van der Waals surface area contributed by atoms with Gasteiger partial charge in [-0.15, -0.1) is 0 Å². The second kappa shape index (κ2) is 13.1. The van der Waals surface area contributed by atoms with Gasteiger partial charge in [-0.25, -0.2) is 14.6 Å². The summed E-state index contributed by atoms with van der Waals surface area (Å²) in [5, 5.41) is 35.4. The van der Waals surface area contributed by atoms with Crippen molar-refractivity contribution < 1.29 is 57.1 Å². The minimum absolute atomic E-state index is 0. The van der Waals surface area contributed by atoms with Gasteiger partial charge in [-0.05, 0) is 44.2 Å². The Kier molecular flexibility index (Phi) is 12.6. The van der Waals surface area contributed by atoms with Crippen LogP contribution < -0.4 is 15.3 Å². The number of aryl methyl sites for hydroxylation is 2. The third-order valence-corrected chi connectivity index (χ3v) is 3.72. The van der Waals surface area contributed by atoms with E-state index in [4.69, 9.17) is 11.6 Å². The zero-order chi connectivity index (χ0) is 21.7. The molecule has 0 aromatic carbocycles. The number of rotatable bonds is 4. The van der Waals surface area contributed by atoms with Crippen molar-refractivity contribution in [2.24, 2.45) is 0 Å². The Morgan fingerprint density at radius 2 is 1.41 bits per heavy atom. The van der Waals surface area contributed by atoms with E-state index >= 15 is 0 Å².